The van der Waals surface area contributed by atoms with Crippen LogP contribution in [0.5, 0.6) is 0 Å². The number of esters is 1. The maximum Gasteiger partial charge on any atom is 0.339 e. The molecule has 1 rings (SSSR count). The van der Waals surface area contributed by atoms with Crippen LogP contribution >= 0.6 is 0 Å². The minimum atomic E-state index is -3.55. The Morgan fingerprint density at radius 1 is 1.23 bits per heavy atom. The number of rotatable bonds is 8. The van der Waals surface area contributed by atoms with Crippen molar-refractivity contribution in [1.29, 1.82) is 0 Å². The van der Waals surface area contributed by atoms with Crippen LogP contribution in [0, 0.1) is 0 Å². The van der Waals surface area contributed by atoms with Gasteiger partial charge in [0.2, 0.25) is 0 Å². The van der Waals surface area contributed by atoms with Crippen molar-refractivity contribution in [2.24, 2.45) is 0 Å². The van der Waals surface area contributed by atoms with Gasteiger partial charge < -0.3 is 14.8 Å². The zero-order valence-corrected chi connectivity index (χ0v) is 13.3. The predicted molar refractivity (Wildman–Crippen MR) is 79.3 cm³/mol. The fourth-order valence-corrected chi connectivity index (χ4v) is 2.70. The number of hydrogen-bond donors (Lipinski definition) is 1. The highest BCUT2D eigenvalue weighted by atomic mass is 32.2. The molecule has 22 heavy (non-hydrogen) atoms. The minimum absolute atomic E-state index is 0.0750. The first-order valence-corrected chi connectivity index (χ1v) is 8.32. The molecule has 0 aliphatic heterocycles. The first-order valence-electron chi connectivity index (χ1n) is 6.67. The van der Waals surface area contributed by atoms with Gasteiger partial charge in [-0.2, -0.15) is 0 Å². The van der Waals surface area contributed by atoms with Crippen molar-refractivity contribution in [1.82, 2.24) is 5.32 Å². The summed E-state index contributed by atoms with van der Waals surface area (Å²) in [4.78, 5) is 23.3. The molecule has 0 saturated heterocycles. The smallest absolute Gasteiger partial charge is 0.339 e. The van der Waals surface area contributed by atoms with Gasteiger partial charge in [-0.1, -0.05) is 19.1 Å². The normalized spacial score (nSPS) is 11.0. The molecule has 122 valence electrons. The number of benzene rings is 1. The Kier molecular flexibility index (Phi) is 7.00. The van der Waals surface area contributed by atoms with Crippen molar-refractivity contribution < 1.29 is 27.5 Å². The summed E-state index contributed by atoms with van der Waals surface area (Å²) in [6, 6.07) is 5.75. The number of nitrogens with one attached hydrogen (secondary N) is 1. The second kappa shape index (κ2) is 8.50. The first kappa shape index (κ1) is 18.1. The first-order chi connectivity index (χ1) is 10.4. The molecule has 1 amide bonds. The molecule has 0 fully saturated rings. The van der Waals surface area contributed by atoms with Gasteiger partial charge in [-0.25, -0.2) is 13.2 Å². The quantitative estimate of drug-likeness (QED) is 0.547. The molecule has 1 aromatic rings. The Balaban J connectivity index is 2.73. The largest absolute Gasteiger partial charge is 0.452 e. The Hall–Kier alpha value is -1.93. The summed E-state index contributed by atoms with van der Waals surface area (Å²) >= 11 is 0. The molecule has 1 aromatic carbocycles. The van der Waals surface area contributed by atoms with Gasteiger partial charge in [-0.15, -0.1) is 0 Å². The molecule has 0 aromatic heterocycles. The minimum Gasteiger partial charge on any atom is -0.452 e. The fourth-order valence-electron chi connectivity index (χ4n) is 1.61. The van der Waals surface area contributed by atoms with Gasteiger partial charge in [0.05, 0.1) is 22.8 Å². The summed E-state index contributed by atoms with van der Waals surface area (Å²) in [5.41, 5.74) is -0.0750. The van der Waals surface area contributed by atoms with Crippen molar-refractivity contribution in [2.45, 2.75) is 11.8 Å². The molecular formula is C14H19NO6S. The lowest BCUT2D eigenvalue weighted by atomic mass is 10.2. The van der Waals surface area contributed by atoms with E-state index in [0.29, 0.717) is 13.2 Å². The van der Waals surface area contributed by atoms with Crippen LogP contribution in [0.4, 0.5) is 0 Å². The average Bonchev–Trinajstić information content (AvgIpc) is 2.52. The topological polar surface area (TPSA) is 98.8 Å². The lowest BCUT2D eigenvalue weighted by molar-refractivity contribution is -0.124. The number of hydrogen-bond acceptors (Lipinski definition) is 6. The number of methoxy groups -OCH3 is 1. The van der Waals surface area contributed by atoms with Gasteiger partial charge in [0.1, 0.15) is 0 Å². The molecule has 0 heterocycles. The maximum atomic E-state index is 12.0. The second-order valence-electron chi connectivity index (χ2n) is 4.32. The van der Waals surface area contributed by atoms with Crippen LogP contribution in [0.2, 0.25) is 0 Å². The Labute approximate surface area is 129 Å². The molecule has 1 N–H and O–H groups in total. The molecule has 0 radical (unpaired) electrons. The van der Waals surface area contributed by atoms with Crippen LogP contribution in [0.15, 0.2) is 29.2 Å². The number of carbonyl (C=O) groups excluding carboxylic acids is 2. The molecule has 0 aliphatic rings. The third kappa shape index (κ3) is 5.12. The van der Waals surface area contributed by atoms with Crippen molar-refractivity contribution in [3.63, 3.8) is 0 Å². The molecule has 0 saturated carbocycles. The van der Waals surface area contributed by atoms with Crippen LogP contribution < -0.4 is 5.32 Å². The highest BCUT2D eigenvalue weighted by Crippen LogP contribution is 2.17. The van der Waals surface area contributed by atoms with Crippen LogP contribution in [0.25, 0.3) is 0 Å². The standard InChI is InChI=1S/C14H19NO6S/c1-3-22(18,19)12-7-5-4-6-11(12)14(17)21-10-13(16)15-8-9-20-2/h4-7H,3,8-10H2,1-2H3,(H,15,16). The van der Waals surface area contributed by atoms with Crippen molar-refractivity contribution in [2.75, 3.05) is 32.6 Å². The Morgan fingerprint density at radius 3 is 2.55 bits per heavy atom. The van der Waals surface area contributed by atoms with E-state index in [1.54, 1.807) is 0 Å². The van der Waals surface area contributed by atoms with E-state index in [0.717, 1.165) is 0 Å². The highest BCUT2D eigenvalue weighted by Gasteiger charge is 2.21. The van der Waals surface area contributed by atoms with Gasteiger partial charge in [0.25, 0.3) is 5.91 Å². The highest BCUT2D eigenvalue weighted by molar-refractivity contribution is 7.91. The third-order valence-electron chi connectivity index (χ3n) is 2.78. The zero-order chi connectivity index (χ0) is 16.6. The van der Waals surface area contributed by atoms with Crippen LogP contribution in [0.3, 0.4) is 0 Å². The number of amides is 1. The van der Waals surface area contributed by atoms with E-state index in [1.807, 2.05) is 0 Å². The SMILES string of the molecule is CCS(=O)(=O)c1ccccc1C(=O)OCC(=O)NCCOC. The Bertz CT molecular complexity index is 626. The lowest BCUT2D eigenvalue weighted by Crippen LogP contribution is -2.31. The molecule has 0 atom stereocenters. The zero-order valence-electron chi connectivity index (χ0n) is 12.5. The molecule has 0 unspecified atom stereocenters. The summed E-state index contributed by atoms with van der Waals surface area (Å²) in [5.74, 6) is -1.47. The molecule has 8 heteroatoms. The molecule has 0 bridgehead atoms. The van der Waals surface area contributed by atoms with Gasteiger partial charge >= 0.3 is 5.97 Å². The van der Waals surface area contributed by atoms with E-state index in [1.165, 1.54) is 38.3 Å². The van der Waals surface area contributed by atoms with Gasteiger partial charge in [0, 0.05) is 13.7 Å². The van der Waals surface area contributed by atoms with E-state index in [2.05, 4.69) is 5.32 Å². The average molecular weight is 329 g/mol. The van der Waals surface area contributed by atoms with Gasteiger partial charge in [-0.05, 0) is 12.1 Å². The summed E-state index contributed by atoms with van der Waals surface area (Å²) in [6.07, 6.45) is 0. The summed E-state index contributed by atoms with van der Waals surface area (Å²) < 4.78 is 33.5. The summed E-state index contributed by atoms with van der Waals surface area (Å²) in [7, 11) is -2.05. The molecular weight excluding hydrogens is 310 g/mol. The third-order valence-corrected chi connectivity index (χ3v) is 4.57. The van der Waals surface area contributed by atoms with Crippen LogP contribution in [-0.4, -0.2) is 52.9 Å². The molecule has 0 aliphatic carbocycles. The van der Waals surface area contributed by atoms with E-state index in [-0.39, 0.29) is 16.2 Å². The monoisotopic (exact) mass is 329 g/mol. The van der Waals surface area contributed by atoms with E-state index in [9.17, 15) is 18.0 Å². The lowest BCUT2D eigenvalue weighted by Gasteiger charge is -2.09. The number of sulfone groups is 1. The summed E-state index contributed by atoms with van der Waals surface area (Å²) in [6.45, 7) is 1.65. The van der Waals surface area contributed by atoms with Crippen LogP contribution in [0.1, 0.15) is 17.3 Å². The van der Waals surface area contributed by atoms with Crippen LogP contribution in [-0.2, 0) is 24.1 Å². The van der Waals surface area contributed by atoms with E-state index in [4.69, 9.17) is 9.47 Å². The molecule has 7 nitrogen and oxygen atoms in total. The number of carbonyl (C=O) groups is 2. The fraction of sp³-hybridized carbons (Fsp3) is 0.429. The predicted octanol–water partition coefficient (Wildman–Crippen LogP) is 0.400. The van der Waals surface area contributed by atoms with E-state index < -0.39 is 28.3 Å². The van der Waals surface area contributed by atoms with Crippen molar-refractivity contribution in [3.05, 3.63) is 29.8 Å². The maximum absolute atomic E-state index is 12.0. The van der Waals surface area contributed by atoms with Crippen molar-refractivity contribution in [3.8, 4) is 0 Å². The second-order valence-corrected chi connectivity index (χ2v) is 6.57. The van der Waals surface area contributed by atoms with Gasteiger partial charge in [0.15, 0.2) is 16.4 Å². The van der Waals surface area contributed by atoms with Gasteiger partial charge in [-0.3, -0.25) is 4.79 Å². The summed E-state index contributed by atoms with van der Waals surface area (Å²) in [5, 5.41) is 2.49. The van der Waals surface area contributed by atoms with Crippen molar-refractivity contribution >= 4 is 21.7 Å². The molecule has 0 spiro atoms. The number of ether oxygens (including phenoxy) is 2. The Morgan fingerprint density at radius 2 is 1.91 bits per heavy atom. The van der Waals surface area contributed by atoms with E-state index >= 15 is 0 Å².